The summed E-state index contributed by atoms with van der Waals surface area (Å²) in [5.74, 6) is -0.304. The molecule has 5 nitrogen and oxygen atoms in total. The van der Waals surface area contributed by atoms with E-state index in [-0.39, 0.29) is 17.9 Å². The molecule has 5 heteroatoms. The lowest BCUT2D eigenvalue weighted by Crippen LogP contribution is -2.23. The molecule has 0 saturated carbocycles. The van der Waals surface area contributed by atoms with Crippen LogP contribution in [0, 0.1) is 6.92 Å². The van der Waals surface area contributed by atoms with E-state index in [1.54, 1.807) is 6.20 Å². The highest BCUT2D eigenvalue weighted by Crippen LogP contribution is 2.11. The van der Waals surface area contributed by atoms with Crippen LogP contribution in [0.25, 0.3) is 0 Å². The van der Waals surface area contributed by atoms with Gasteiger partial charge in [0.25, 0.3) is 5.56 Å². The maximum absolute atomic E-state index is 11.8. The molecular formula is C15H16N2O3. The summed E-state index contributed by atoms with van der Waals surface area (Å²) in [6.45, 7) is 2.16. The Morgan fingerprint density at radius 2 is 2.00 bits per heavy atom. The summed E-state index contributed by atoms with van der Waals surface area (Å²) in [6, 6.07) is 9.00. The smallest absolute Gasteiger partial charge is 0.309 e. The van der Waals surface area contributed by atoms with Crippen LogP contribution in [0.15, 0.2) is 41.3 Å². The second-order valence-corrected chi connectivity index (χ2v) is 4.55. The zero-order valence-corrected chi connectivity index (χ0v) is 11.5. The molecule has 0 unspecified atom stereocenters. The van der Waals surface area contributed by atoms with Crippen molar-refractivity contribution in [3.8, 4) is 0 Å². The molecule has 1 aromatic heterocycles. The van der Waals surface area contributed by atoms with Gasteiger partial charge in [0.05, 0.1) is 26.3 Å². The minimum atomic E-state index is -0.304. The number of methoxy groups -OCH3 is 1. The van der Waals surface area contributed by atoms with Crippen LogP contribution in [0.2, 0.25) is 0 Å². The molecule has 0 atom stereocenters. The largest absolute Gasteiger partial charge is 0.469 e. The summed E-state index contributed by atoms with van der Waals surface area (Å²) in [7, 11) is 1.36. The molecule has 2 rings (SSSR count). The zero-order chi connectivity index (χ0) is 14.5. The van der Waals surface area contributed by atoms with Crippen molar-refractivity contribution in [1.82, 2.24) is 9.78 Å². The molecule has 0 bridgehead atoms. The van der Waals surface area contributed by atoms with E-state index in [4.69, 9.17) is 0 Å². The monoisotopic (exact) mass is 272 g/mol. The fourth-order valence-corrected chi connectivity index (χ4v) is 1.92. The van der Waals surface area contributed by atoms with Crippen molar-refractivity contribution in [1.29, 1.82) is 0 Å². The van der Waals surface area contributed by atoms with Gasteiger partial charge in [-0.2, -0.15) is 5.10 Å². The number of carbonyl (C=O) groups is 1. The summed E-state index contributed by atoms with van der Waals surface area (Å²) in [5, 5.41) is 4.10. The molecule has 0 aliphatic rings. The standard InChI is InChI=1S/C15H16N2O3/c1-11-7-14(18)17(16-9-11)10-13-6-4-3-5-12(13)8-15(19)20-2/h3-7,9H,8,10H2,1-2H3. The maximum Gasteiger partial charge on any atom is 0.309 e. The molecular weight excluding hydrogens is 256 g/mol. The van der Waals surface area contributed by atoms with E-state index < -0.39 is 0 Å². The second kappa shape index (κ2) is 6.14. The first-order chi connectivity index (χ1) is 9.60. The number of carbonyl (C=O) groups excluding carboxylic acids is 1. The Morgan fingerprint density at radius 3 is 2.65 bits per heavy atom. The summed E-state index contributed by atoms with van der Waals surface area (Å²) >= 11 is 0. The first-order valence-corrected chi connectivity index (χ1v) is 6.27. The zero-order valence-electron chi connectivity index (χ0n) is 11.5. The number of hydrogen-bond acceptors (Lipinski definition) is 4. The number of ether oxygens (including phenoxy) is 1. The molecule has 0 aliphatic heterocycles. The second-order valence-electron chi connectivity index (χ2n) is 4.55. The molecule has 0 saturated heterocycles. The average molecular weight is 272 g/mol. The van der Waals surface area contributed by atoms with Crippen molar-refractivity contribution in [2.45, 2.75) is 19.9 Å². The number of rotatable bonds is 4. The maximum atomic E-state index is 11.8. The Kier molecular flexibility index (Phi) is 4.30. The van der Waals surface area contributed by atoms with E-state index in [2.05, 4.69) is 9.84 Å². The molecule has 104 valence electrons. The lowest BCUT2D eigenvalue weighted by Gasteiger charge is -2.09. The van der Waals surface area contributed by atoms with Crippen LogP contribution in [0.5, 0.6) is 0 Å². The number of benzene rings is 1. The first kappa shape index (κ1) is 14.0. The van der Waals surface area contributed by atoms with Crippen LogP contribution >= 0.6 is 0 Å². The quantitative estimate of drug-likeness (QED) is 0.787. The molecule has 1 heterocycles. The molecule has 0 radical (unpaired) electrons. The minimum Gasteiger partial charge on any atom is -0.469 e. The number of aryl methyl sites for hydroxylation is 1. The van der Waals surface area contributed by atoms with Gasteiger partial charge in [0.2, 0.25) is 0 Å². The van der Waals surface area contributed by atoms with Gasteiger partial charge in [0.15, 0.2) is 0 Å². The van der Waals surface area contributed by atoms with Crippen LogP contribution in [-0.4, -0.2) is 22.9 Å². The Morgan fingerprint density at radius 1 is 1.30 bits per heavy atom. The van der Waals surface area contributed by atoms with Gasteiger partial charge in [-0.3, -0.25) is 9.59 Å². The summed E-state index contributed by atoms with van der Waals surface area (Å²) in [4.78, 5) is 23.2. The van der Waals surface area contributed by atoms with Crippen LogP contribution in [0.3, 0.4) is 0 Å². The average Bonchev–Trinajstić information content (AvgIpc) is 2.43. The van der Waals surface area contributed by atoms with Crippen molar-refractivity contribution in [3.63, 3.8) is 0 Å². The SMILES string of the molecule is COC(=O)Cc1ccccc1Cn1ncc(C)cc1=O. The normalized spacial score (nSPS) is 10.3. The molecule has 1 aromatic carbocycles. The Labute approximate surface area is 116 Å². The van der Waals surface area contributed by atoms with Gasteiger partial charge in [-0.15, -0.1) is 0 Å². The van der Waals surface area contributed by atoms with Gasteiger partial charge < -0.3 is 4.74 Å². The Bertz CT molecular complexity index is 677. The van der Waals surface area contributed by atoms with E-state index >= 15 is 0 Å². The number of esters is 1. The number of hydrogen-bond donors (Lipinski definition) is 0. The van der Waals surface area contributed by atoms with Gasteiger partial charge in [0, 0.05) is 6.07 Å². The summed E-state index contributed by atoms with van der Waals surface area (Å²) in [6.07, 6.45) is 1.83. The molecule has 0 fully saturated rings. The van der Waals surface area contributed by atoms with Crippen LogP contribution in [0.4, 0.5) is 0 Å². The van der Waals surface area contributed by atoms with Gasteiger partial charge >= 0.3 is 5.97 Å². The summed E-state index contributed by atoms with van der Waals surface area (Å²) < 4.78 is 6.05. The van der Waals surface area contributed by atoms with Crippen molar-refractivity contribution >= 4 is 5.97 Å². The van der Waals surface area contributed by atoms with Crippen molar-refractivity contribution < 1.29 is 9.53 Å². The third kappa shape index (κ3) is 3.32. The van der Waals surface area contributed by atoms with E-state index in [9.17, 15) is 9.59 Å². The number of nitrogens with zero attached hydrogens (tertiary/aromatic N) is 2. The van der Waals surface area contributed by atoms with Crippen molar-refractivity contribution in [3.05, 3.63) is 63.6 Å². The molecule has 0 amide bonds. The van der Waals surface area contributed by atoms with Crippen LogP contribution in [-0.2, 0) is 22.5 Å². The van der Waals surface area contributed by atoms with E-state index in [1.807, 2.05) is 31.2 Å². The molecule has 0 spiro atoms. The third-order valence-corrected chi connectivity index (χ3v) is 3.01. The third-order valence-electron chi connectivity index (χ3n) is 3.01. The van der Waals surface area contributed by atoms with Crippen LogP contribution in [0.1, 0.15) is 16.7 Å². The van der Waals surface area contributed by atoms with E-state index in [1.165, 1.54) is 17.9 Å². The number of aromatic nitrogens is 2. The van der Waals surface area contributed by atoms with Crippen molar-refractivity contribution in [2.75, 3.05) is 7.11 Å². The van der Waals surface area contributed by atoms with Gasteiger partial charge in [-0.1, -0.05) is 24.3 Å². The highest BCUT2D eigenvalue weighted by atomic mass is 16.5. The summed E-state index contributed by atoms with van der Waals surface area (Å²) in [5.41, 5.74) is 2.40. The first-order valence-electron chi connectivity index (χ1n) is 6.27. The highest BCUT2D eigenvalue weighted by Gasteiger charge is 2.09. The van der Waals surface area contributed by atoms with Gasteiger partial charge in [0.1, 0.15) is 0 Å². The van der Waals surface area contributed by atoms with Crippen LogP contribution < -0.4 is 5.56 Å². The predicted octanol–water partition coefficient (Wildman–Crippen LogP) is 1.32. The molecule has 0 aliphatic carbocycles. The predicted molar refractivity (Wildman–Crippen MR) is 74.5 cm³/mol. The lowest BCUT2D eigenvalue weighted by molar-refractivity contribution is -0.139. The van der Waals surface area contributed by atoms with Gasteiger partial charge in [-0.05, 0) is 23.6 Å². The Balaban J connectivity index is 2.29. The van der Waals surface area contributed by atoms with E-state index in [0.717, 1.165) is 16.7 Å². The highest BCUT2D eigenvalue weighted by molar-refractivity contribution is 5.72. The van der Waals surface area contributed by atoms with Gasteiger partial charge in [-0.25, -0.2) is 4.68 Å². The molecule has 20 heavy (non-hydrogen) atoms. The molecule has 0 N–H and O–H groups in total. The minimum absolute atomic E-state index is 0.155. The fourth-order valence-electron chi connectivity index (χ4n) is 1.92. The fraction of sp³-hybridized carbons (Fsp3) is 0.267. The lowest BCUT2D eigenvalue weighted by atomic mass is 10.0. The topological polar surface area (TPSA) is 61.2 Å². The Hall–Kier alpha value is -2.43. The van der Waals surface area contributed by atoms with E-state index in [0.29, 0.717) is 6.54 Å². The van der Waals surface area contributed by atoms with Crippen molar-refractivity contribution in [2.24, 2.45) is 0 Å². The molecule has 2 aromatic rings.